The van der Waals surface area contributed by atoms with Crippen molar-refractivity contribution in [3.63, 3.8) is 0 Å². The number of ether oxygens (including phenoxy) is 1. The highest BCUT2D eigenvalue weighted by Gasteiger charge is 2.20. The van der Waals surface area contributed by atoms with Crippen LogP contribution < -0.4 is 5.32 Å². The Morgan fingerprint density at radius 1 is 1.18 bits per heavy atom. The number of rotatable bonds is 9. The van der Waals surface area contributed by atoms with E-state index in [1.807, 2.05) is 30.3 Å². The fraction of sp³-hybridized carbons (Fsp3) is 0.438. The van der Waals surface area contributed by atoms with Crippen molar-refractivity contribution >= 4 is 17.8 Å². The monoisotopic (exact) mass is 307 g/mol. The summed E-state index contributed by atoms with van der Waals surface area (Å²) in [4.78, 5) is 34.0. The lowest BCUT2D eigenvalue weighted by atomic mass is 10.1. The third-order valence-electron chi connectivity index (χ3n) is 3.06. The van der Waals surface area contributed by atoms with Crippen molar-refractivity contribution in [3.05, 3.63) is 35.9 Å². The van der Waals surface area contributed by atoms with Crippen molar-refractivity contribution in [1.82, 2.24) is 5.32 Å². The van der Waals surface area contributed by atoms with E-state index in [1.54, 1.807) is 6.92 Å². The molecule has 0 saturated carbocycles. The van der Waals surface area contributed by atoms with Gasteiger partial charge in [-0.15, -0.1) is 0 Å². The van der Waals surface area contributed by atoms with Crippen LogP contribution in [0.25, 0.3) is 0 Å². The number of carboxylic acid groups (broad SMARTS) is 1. The minimum atomic E-state index is -1.08. The number of carbonyl (C=O) groups is 3. The van der Waals surface area contributed by atoms with Crippen LogP contribution >= 0.6 is 0 Å². The van der Waals surface area contributed by atoms with Gasteiger partial charge in [-0.1, -0.05) is 30.3 Å². The molecule has 0 saturated heterocycles. The molecule has 1 atom stereocenters. The smallest absolute Gasteiger partial charge is 0.326 e. The molecule has 0 radical (unpaired) electrons. The number of aliphatic carboxylic acids is 1. The van der Waals surface area contributed by atoms with Crippen molar-refractivity contribution in [3.8, 4) is 0 Å². The highest BCUT2D eigenvalue weighted by atomic mass is 16.5. The maximum absolute atomic E-state index is 11.7. The third-order valence-corrected chi connectivity index (χ3v) is 3.06. The first-order chi connectivity index (χ1) is 10.5. The second-order valence-electron chi connectivity index (χ2n) is 4.79. The van der Waals surface area contributed by atoms with Crippen LogP contribution in [0.2, 0.25) is 0 Å². The molecule has 6 heteroatoms. The van der Waals surface area contributed by atoms with Gasteiger partial charge in [-0.3, -0.25) is 9.59 Å². The van der Waals surface area contributed by atoms with Gasteiger partial charge >= 0.3 is 11.9 Å². The van der Waals surface area contributed by atoms with Gasteiger partial charge in [0.1, 0.15) is 6.04 Å². The number of carbonyl (C=O) groups excluding carboxylic acids is 2. The number of benzene rings is 1. The highest BCUT2D eigenvalue weighted by Crippen LogP contribution is 2.06. The summed E-state index contributed by atoms with van der Waals surface area (Å²) in [5, 5.41) is 11.6. The molecular weight excluding hydrogens is 286 g/mol. The Morgan fingerprint density at radius 3 is 2.45 bits per heavy atom. The lowest BCUT2D eigenvalue weighted by Gasteiger charge is -2.14. The number of hydrogen-bond acceptors (Lipinski definition) is 4. The molecule has 0 aliphatic carbocycles. The summed E-state index contributed by atoms with van der Waals surface area (Å²) in [6.07, 6.45) is 0.721. The van der Waals surface area contributed by atoms with Crippen LogP contribution in [0, 0.1) is 0 Å². The molecule has 0 bridgehead atoms. The van der Waals surface area contributed by atoms with Crippen molar-refractivity contribution < 1.29 is 24.2 Å². The van der Waals surface area contributed by atoms with Gasteiger partial charge in [0.05, 0.1) is 13.0 Å². The van der Waals surface area contributed by atoms with E-state index in [0.29, 0.717) is 12.8 Å². The van der Waals surface area contributed by atoms with Crippen LogP contribution in [0.5, 0.6) is 0 Å². The molecule has 120 valence electrons. The SMILES string of the molecule is CCOC(=O)CCC(=O)N[C@@H](CCc1ccccc1)C(=O)O. The summed E-state index contributed by atoms with van der Waals surface area (Å²) in [5.41, 5.74) is 1.01. The quantitative estimate of drug-likeness (QED) is 0.675. The second kappa shape index (κ2) is 9.55. The zero-order valence-electron chi connectivity index (χ0n) is 12.6. The maximum atomic E-state index is 11.7. The van der Waals surface area contributed by atoms with Crippen molar-refractivity contribution in [2.75, 3.05) is 6.61 Å². The number of hydrogen-bond donors (Lipinski definition) is 2. The van der Waals surface area contributed by atoms with Gasteiger partial charge in [0.15, 0.2) is 0 Å². The first-order valence-electron chi connectivity index (χ1n) is 7.24. The summed E-state index contributed by atoms with van der Waals surface area (Å²) < 4.78 is 4.71. The lowest BCUT2D eigenvalue weighted by Crippen LogP contribution is -2.41. The largest absolute Gasteiger partial charge is 0.480 e. The van der Waals surface area contributed by atoms with Crippen molar-refractivity contribution in [2.24, 2.45) is 0 Å². The Labute approximate surface area is 129 Å². The Hall–Kier alpha value is -2.37. The Kier molecular flexibility index (Phi) is 7.67. The molecule has 0 heterocycles. The molecule has 0 spiro atoms. The van der Waals surface area contributed by atoms with E-state index in [0.717, 1.165) is 5.56 Å². The number of carboxylic acids is 1. The van der Waals surface area contributed by atoms with Crippen LogP contribution in [0.15, 0.2) is 30.3 Å². The standard InChI is InChI=1S/C16H21NO5/c1-2-22-15(19)11-10-14(18)17-13(16(20)21)9-8-12-6-4-3-5-7-12/h3-7,13H,2,8-11H2,1H3,(H,17,18)(H,20,21)/t13-/m0/s1. The third kappa shape index (κ3) is 6.88. The molecule has 0 aliphatic rings. The van der Waals surface area contributed by atoms with Crippen LogP contribution in [0.3, 0.4) is 0 Å². The molecule has 1 aromatic rings. The second-order valence-corrected chi connectivity index (χ2v) is 4.79. The van der Waals surface area contributed by atoms with E-state index in [9.17, 15) is 14.4 Å². The van der Waals surface area contributed by atoms with Gasteiger partial charge in [-0.05, 0) is 25.3 Å². The predicted molar refractivity (Wildman–Crippen MR) is 80.2 cm³/mol. The molecule has 6 nitrogen and oxygen atoms in total. The van der Waals surface area contributed by atoms with E-state index < -0.39 is 23.9 Å². The minimum absolute atomic E-state index is 0.0509. The Bertz CT molecular complexity index is 501. The van der Waals surface area contributed by atoms with Crippen LogP contribution in [-0.2, 0) is 25.5 Å². The van der Waals surface area contributed by atoms with E-state index in [-0.39, 0.29) is 19.4 Å². The predicted octanol–water partition coefficient (Wildman–Crippen LogP) is 1.53. The highest BCUT2D eigenvalue weighted by molar-refractivity contribution is 5.85. The van der Waals surface area contributed by atoms with Gasteiger partial charge in [0.2, 0.25) is 5.91 Å². The average Bonchev–Trinajstić information content (AvgIpc) is 2.50. The van der Waals surface area contributed by atoms with Gasteiger partial charge in [-0.2, -0.15) is 0 Å². The van der Waals surface area contributed by atoms with Gasteiger partial charge in [0.25, 0.3) is 0 Å². The average molecular weight is 307 g/mol. The normalized spacial score (nSPS) is 11.5. The van der Waals surface area contributed by atoms with Crippen LogP contribution in [0.1, 0.15) is 31.7 Å². The molecule has 1 amide bonds. The number of aryl methyl sites for hydroxylation is 1. The number of nitrogens with one attached hydrogen (secondary N) is 1. The van der Waals surface area contributed by atoms with E-state index in [2.05, 4.69) is 5.32 Å². The molecule has 0 aliphatic heterocycles. The molecule has 22 heavy (non-hydrogen) atoms. The number of esters is 1. The molecule has 1 aromatic carbocycles. The zero-order chi connectivity index (χ0) is 16.4. The van der Waals surface area contributed by atoms with Gasteiger partial charge in [-0.25, -0.2) is 4.79 Å². The van der Waals surface area contributed by atoms with Gasteiger partial charge < -0.3 is 15.2 Å². The number of amides is 1. The minimum Gasteiger partial charge on any atom is -0.480 e. The van der Waals surface area contributed by atoms with Crippen molar-refractivity contribution in [2.45, 2.75) is 38.6 Å². The van der Waals surface area contributed by atoms with E-state index >= 15 is 0 Å². The first kappa shape index (κ1) is 17.7. The Morgan fingerprint density at radius 2 is 1.86 bits per heavy atom. The summed E-state index contributed by atoms with van der Waals surface area (Å²) in [6.45, 7) is 1.94. The summed E-state index contributed by atoms with van der Waals surface area (Å²) in [5.74, 6) is -2.01. The molecular formula is C16H21NO5. The zero-order valence-corrected chi connectivity index (χ0v) is 12.6. The molecule has 1 rings (SSSR count). The summed E-state index contributed by atoms with van der Waals surface area (Å²) >= 11 is 0. The topological polar surface area (TPSA) is 92.7 Å². The molecule has 2 N–H and O–H groups in total. The lowest BCUT2D eigenvalue weighted by molar-refractivity contribution is -0.145. The van der Waals surface area contributed by atoms with E-state index in [4.69, 9.17) is 9.84 Å². The van der Waals surface area contributed by atoms with Crippen LogP contribution in [-0.4, -0.2) is 35.6 Å². The maximum Gasteiger partial charge on any atom is 0.326 e. The van der Waals surface area contributed by atoms with Crippen molar-refractivity contribution in [1.29, 1.82) is 0 Å². The Balaban J connectivity index is 2.41. The van der Waals surface area contributed by atoms with Crippen LogP contribution in [0.4, 0.5) is 0 Å². The molecule has 0 fully saturated rings. The molecule has 0 unspecified atom stereocenters. The van der Waals surface area contributed by atoms with E-state index in [1.165, 1.54) is 0 Å². The summed E-state index contributed by atoms with van der Waals surface area (Å²) in [7, 11) is 0. The van der Waals surface area contributed by atoms with Gasteiger partial charge in [0, 0.05) is 6.42 Å². The summed E-state index contributed by atoms with van der Waals surface area (Å²) in [6, 6.07) is 8.49. The fourth-order valence-corrected chi connectivity index (χ4v) is 1.93. The first-order valence-corrected chi connectivity index (χ1v) is 7.24. The fourth-order valence-electron chi connectivity index (χ4n) is 1.93. The molecule has 0 aromatic heterocycles.